The number of carbonyl (C=O) groups is 1. The van der Waals surface area contributed by atoms with E-state index >= 15 is 0 Å². The maximum absolute atomic E-state index is 13.3. The minimum Gasteiger partial charge on any atom is -0.380 e. The lowest BCUT2D eigenvalue weighted by atomic mass is 9.67. The van der Waals surface area contributed by atoms with E-state index in [-0.39, 0.29) is 25.3 Å². The molecule has 2 aromatic heterocycles. The van der Waals surface area contributed by atoms with Gasteiger partial charge in [-0.1, -0.05) is 6.92 Å². The average molecular weight is 450 g/mol. The van der Waals surface area contributed by atoms with Crippen LogP contribution in [-0.2, 0) is 22.6 Å². The number of nitrogens with zero attached hydrogens (tertiary/aromatic N) is 5. The number of anilines is 3. The van der Waals surface area contributed by atoms with Crippen LogP contribution in [0.5, 0.6) is 0 Å². The molecule has 2 N–H and O–H groups in total. The number of alkyl halides is 2. The molecule has 32 heavy (non-hydrogen) atoms. The molecule has 174 valence electrons. The van der Waals surface area contributed by atoms with E-state index in [2.05, 4.69) is 25.7 Å². The molecule has 0 bridgehead atoms. The second-order valence-electron chi connectivity index (χ2n) is 8.92. The predicted octanol–water partition coefficient (Wildman–Crippen LogP) is 2.82. The van der Waals surface area contributed by atoms with Gasteiger partial charge in [-0.2, -0.15) is 10.1 Å². The quantitative estimate of drug-likeness (QED) is 0.568. The zero-order chi connectivity index (χ0) is 22.9. The van der Waals surface area contributed by atoms with Crippen molar-refractivity contribution in [3.63, 3.8) is 0 Å². The Bertz CT molecular complexity index is 987. The first-order chi connectivity index (χ1) is 15.2. The van der Waals surface area contributed by atoms with E-state index in [9.17, 15) is 13.6 Å². The number of ether oxygens (including phenoxy) is 1. The highest BCUT2D eigenvalue weighted by Gasteiger charge is 2.53. The van der Waals surface area contributed by atoms with Crippen LogP contribution in [0.15, 0.2) is 12.4 Å². The fraction of sp³-hybridized carbons (Fsp3) is 0.619. The summed E-state index contributed by atoms with van der Waals surface area (Å²) in [6, 6.07) is 0. The number of aromatic nitrogens is 4. The normalized spacial score (nSPS) is 18.7. The zero-order valence-corrected chi connectivity index (χ0v) is 18.6. The topological polar surface area (TPSA) is 97.2 Å². The van der Waals surface area contributed by atoms with Gasteiger partial charge in [0.15, 0.2) is 5.82 Å². The molecule has 0 saturated heterocycles. The molecule has 0 spiro atoms. The number of nitrogens with one attached hydrogen (secondary N) is 2. The summed E-state index contributed by atoms with van der Waals surface area (Å²) in [7, 11) is 0. The van der Waals surface area contributed by atoms with Gasteiger partial charge in [-0.3, -0.25) is 9.48 Å². The van der Waals surface area contributed by atoms with Gasteiger partial charge < -0.3 is 20.3 Å². The molecular formula is C21H29F2N7O2. The van der Waals surface area contributed by atoms with Gasteiger partial charge in [0.05, 0.1) is 25.0 Å². The highest BCUT2D eigenvalue weighted by molar-refractivity contribution is 6.01. The zero-order valence-electron chi connectivity index (χ0n) is 18.6. The Hall–Kier alpha value is -2.82. The fourth-order valence-electron chi connectivity index (χ4n) is 4.41. The molecule has 9 nitrogen and oxygen atoms in total. The maximum atomic E-state index is 13.3. The van der Waals surface area contributed by atoms with Gasteiger partial charge in [-0.15, -0.1) is 0 Å². The maximum Gasteiger partial charge on any atom is 0.249 e. The first-order valence-corrected chi connectivity index (χ1v) is 10.8. The second kappa shape index (κ2) is 8.61. The molecule has 0 atom stereocenters. The molecule has 11 heteroatoms. The Kier molecular flexibility index (Phi) is 6.02. The van der Waals surface area contributed by atoms with Crippen LogP contribution >= 0.6 is 0 Å². The molecule has 0 aromatic carbocycles. The summed E-state index contributed by atoms with van der Waals surface area (Å²) in [6.07, 6.45) is 3.36. The van der Waals surface area contributed by atoms with E-state index in [0.29, 0.717) is 56.0 Å². The Morgan fingerprint density at radius 2 is 2.09 bits per heavy atom. The lowest BCUT2D eigenvalue weighted by molar-refractivity contribution is -0.159. The third-order valence-electron chi connectivity index (χ3n) is 5.73. The lowest BCUT2D eigenvalue weighted by Crippen LogP contribution is -2.46. The summed E-state index contributed by atoms with van der Waals surface area (Å²) in [6.45, 7) is 8.39. The van der Waals surface area contributed by atoms with Crippen molar-refractivity contribution in [1.29, 1.82) is 0 Å². The smallest absolute Gasteiger partial charge is 0.249 e. The standard InChI is InChI=1S/C21H29F2N7O2/c1-4-32-6-5-29-10-16(31)27-17-14(2)26-19(28-18(17)29)24-7-15-8-25-30(9-15)13-20(3)11-21(22,23)12-20/h8-9H,4-7,10-13H2,1-3H3,(H,27,31)(H,24,26,28). The van der Waals surface area contributed by atoms with Gasteiger partial charge in [0.25, 0.3) is 0 Å². The summed E-state index contributed by atoms with van der Waals surface area (Å²) in [5.41, 5.74) is 1.76. The van der Waals surface area contributed by atoms with Gasteiger partial charge in [-0.25, -0.2) is 13.8 Å². The van der Waals surface area contributed by atoms with E-state index in [1.807, 2.05) is 31.9 Å². The van der Waals surface area contributed by atoms with E-state index in [1.165, 1.54) is 0 Å². The molecule has 3 heterocycles. The van der Waals surface area contributed by atoms with Crippen molar-refractivity contribution >= 4 is 23.4 Å². The average Bonchev–Trinajstić information content (AvgIpc) is 3.12. The number of carbonyl (C=O) groups excluding carboxylic acids is 1. The number of amides is 1. The largest absolute Gasteiger partial charge is 0.380 e. The van der Waals surface area contributed by atoms with Crippen LogP contribution in [0.3, 0.4) is 0 Å². The molecule has 1 aliphatic heterocycles. The molecule has 1 aliphatic carbocycles. The highest BCUT2D eigenvalue weighted by atomic mass is 19.3. The van der Waals surface area contributed by atoms with Gasteiger partial charge in [0, 0.05) is 50.8 Å². The van der Waals surface area contributed by atoms with Crippen molar-refractivity contribution in [3.8, 4) is 0 Å². The summed E-state index contributed by atoms with van der Waals surface area (Å²) in [5, 5.41) is 10.4. The number of halogens is 2. The summed E-state index contributed by atoms with van der Waals surface area (Å²) >= 11 is 0. The van der Waals surface area contributed by atoms with Gasteiger partial charge in [0.2, 0.25) is 17.8 Å². The number of rotatable bonds is 9. The molecule has 1 saturated carbocycles. The summed E-state index contributed by atoms with van der Waals surface area (Å²) in [5.74, 6) is -1.55. The van der Waals surface area contributed by atoms with Crippen molar-refractivity contribution in [2.24, 2.45) is 5.41 Å². The van der Waals surface area contributed by atoms with E-state index in [4.69, 9.17) is 4.74 Å². The molecule has 4 rings (SSSR count). The molecule has 1 fully saturated rings. The van der Waals surface area contributed by atoms with E-state index in [0.717, 1.165) is 5.56 Å². The van der Waals surface area contributed by atoms with Crippen LogP contribution in [0.1, 0.15) is 37.9 Å². The number of aryl methyl sites for hydroxylation is 1. The predicted molar refractivity (Wildman–Crippen MR) is 116 cm³/mol. The Balaban J connectivity index is 1.41. The van der Waals surface area contributed by atoms with Crippen LogP contribution < -0.4 is 15.5 Å². The SMILES string of the molecule is CCOCCN1CC(=O)Nc2c(C)nc(NCc3cnn(CC4(C)CC(F)(F)C4)c3)nc21. The Morgan fingerprint density at radius 1 is 1.31 bits per heavy atom. The summed E-state index contributed by atoms with van der Waals surface area (Å²) < 4.78 is 33.7. The molecule has 0 radical (unpaired) electrons. The van der Waals surface area contributed by atoms with Crippen LogP contribution in [0.4, 0.5) is 26.2 Å². The lowest BCUT2D eigenvalue weighted by Gasteiger charge is -2.44. The van der Waals surface area contributed by atoms with E-state index in [1.54, 1.807) is 10.9 Å². The molecular weight excluding hydrogens is 420 g/mol. The first-order valence-electron chi connectivity index (χ1n) is 10.8. The Morgan fingerprint density at radius 3 is 2.81 bits per heavy atom. The molecule has 1 amide bonds. The molecule has 2 aromatic rings. The second-order valence-corrected chi connectivity index (χ2v) is 8.92. The van der Waals surface area contributed by atoms with Crippen molar-refractivity contribution in [2.45, 2.75) is 52.6 Å². The first kappa shape index (κ1) is 22.4. The third-order valence-corrected chi connectivity index (χ3v) is 5.73. The van der Waals surface area contributed by atoms with Crippen LogP contribution in [-0.4, -0.2) is 57.9 Å². The fourth-order valence-corrected chi connectivity index (χ4v) is 4.41. The van der Waals surface area contributed by atoms with Gasteiger partial charge in [-0.05, 0) is 19.3 Å². The number of fused-ring (bicyclic) bond motifs is 1. The summed E-state index contributed by atoms with van der Waals surface area (Å²) in [4.78, 5) is 23.0. The molecule has 0 unspecified atom stereocenters. The highest BCUT2D eigenvalue weighted by Crippen LogP contribution is 2.52. The van der Waals surface area contributed by atoms with Crippen LogP contribution in [0, 0.1) is 12.3 Å². The monoisotopic (exact) mass is 449 g/mol. The van der Waals surface area contributed by atoms with Gasteiger partial charge >= 0.3 is 0 Å². The van der Waals surface area contributed by atoms with Crippen molar-refractivity contribution in [1.82, 2.24) is 19.7 Å². The number of hydrogen-bond acceptors (Lipinski definition) is 7. The van der Waals surface area contributed by atoms with Crippen LogP contribution in [0.25, 0.3) is 0 Å². The van der Waals surface area contributed by atoms with Crippen molar-refractivity contribution in [2.75, 3.05) is 41.8 Å². The minimum absolute atomic E-state index is 0.105. The van der Waals surface area contributed by atoms with Crippen molar-refractivity contribution < 1.29 is 18.3 Å². The van der Waals surface area contributed by atoms with E-state index < -0.39 is 11.3 Å². The van der Waals surface area contributed by atoms with Crippen LogP contribution in [0.2, 0.25) is 0 Å². The minimum atomic E-state index is -2.55. The van der Waals surface area contributed by atoms with Crippen molar-refractivity contribution in [3.05, 3.63) is 23.7 Å². The number of hydrogen-bond donors (Lipinski definition) is 2. The molecule has 2 aliphatic rings. The third kappa shape index (κ3) is 4.98. The Labute approximate surface area is 185 Å². The van der Waals surface area contributed by atoms with Gasteiger partial charge in [0.1, 0.15) is 5.69 Å².